The molecule has 1 aliphatic heterocycles. The number of hydrogen-bond donors (Lipinski definition) is 0. The van der Waals surface area contributed by atoms with Crippen molar-refractivity contribution >= 4 is 23.9 Å². The van der Waals surface area contributed by atoms with Crippen LogP contribution < -0.4 is 9.47 Å². The van der Waals surface area contributed by atoms with Gasteiger partial charge in [-0.25, -0.2) is 0 Å². The summed E-state index contributed by atoms with van der Waals surface area (Å²) in [6.45, 7) is 12.3. The SMILES string of the molecule is CCOc1cc(C)c(O[C@H]2O[C@H](COC(C)=O)[C@H](OC(C)=O)[C@H](OC(C)=O)[C@H]2OC(C)=O)c(C)c1C. The van der Waals surface area contributed by atoms with Crippen LogP contribution in [0.25, 0.3) is 0 Å². The highest BCUT2D eigenvalue weighted by Crippen LogP contribution is 2.37. The number of aryl methyl sites for hydroxylation is 1. The maximum absolute atomic E-state index is 12.0. The van der Waals surface area contributed by atoms with Crippen LogP contribution in [0.1, 0.15) is 51.3 Å². The molecule has 0 radical (unpaired) electrons. The minimum Gasteiger partial charge on any atom is -0.494 e. The van der Waals surface area contributed by atoms with Gasteiger partial charge >= 0.3 is 23.9 Å². The van der Waals surface area contributed by atoms with Crippen molar-refractivity contribution in [3.05, 3.63) is 22.8 Å². The molecule has 36 heavy (non-hydrogen) atoms. The van der Waals surface area contributed by atoms with E-state index in [2.05, 4.69) is 0 Å². The number of carbonyl (C=O) groups excluding carboxylic acids is 4. The van der Waals surface area contributed by atoms with Gasteiger partial charge in [-0.3, -0.25) is 19.2 Å². The molecule has 0 saturated carbocycles. The molecule has 0 bridgehead atoms. The van der Waals surface area contributed by atoms with E-state index in [4.69, 9.17) is 33.2 Å². The molecule has 1 aromatic carbocycles. The summed E-state index contributed by atoms with van der Waals surface area (Å²) in [4.78, 5) is 47.3. The highest BCUT2D eigenvalue weighted by Gasteiger charge is 2.53. The summed E-state index contributed by atoms with van der Waals surface area (Å²) in [7, 11) is 0. The Morgan fingerprint density at radius 3 is 1.89 bits per heavy atom. The van der Waals surface area contributed by atoms with Crippen LogP contribution in [0.3, 0.4) is 0 Å². The van der Waals surface area contributed by atoms with Crippen molar-refractivity contribution in [1.29, 1.82) is 0 Å². The normalized spacial score (nSPS) is 23.3. The summed E-state index contributed by atoms with van der Waals surface area (Å²) in [6, 6.07) is 1.81. The lowest BCUT2D eigenvalue weighted by Crippen LogP contribution is -2.63. The smallest absolute Gasteiger partial charge is 0.303 e. The zero-order chi connectivity index (χ0) is 27.2. The summed E-state index contributed by atoms with van der Waals surface area (Å²) in [5.41, 5.74) is 2.31. The zero-order valence-electron chi connectivity index (χ0n) is 21.9. The van der Waals surface area contributed by atoms with Gasteiger partial charge in [-0.1, -0.05) is 0 Å². The van der Waals surface area contributed by atoms with Gasteiger partial charge < -0.3 is 33.2 Å². The second kappa shape index (κ2) is 12.6. The predicted octanol–water partition coefficient (Wildman–Crippen LogP) is 2.47. The topological polar surface area (TPSA) is 133 Å². The lowest BCUT2D eigenvalue weighted by molar-refractivity contribution is -0.288. The molecular formula is C25H34O11. The van der Waals surface area contributed by atoms with Crippen molar-refractivity contribution in [1.82, 2.24) is 0 Å². The molecule has 2 rings (SSSR count). The van der Waals surface area contributed by atoms with Crippen LogP contribution >= 0.6 is 0 Å². The molecule has 0 amide bonds. The van der Waals surface area contributed by atoms with Crippen molar-refractivity contribution in [3.8, 4) is 11.5 Å². The van der Waals surface area contributed by atoms with Gasteiger partial charge in [0.25, 0.3) is 0 Å². The molecule has 200 valence electrons. The maximum atomic E-state index is 12.0. The number of hydrogen-bond acceptors (Lipinski definition) is 11. The summed E-state index contributed by atoms with van der Waals surface area (Å²) in [6.07, 6.45) is -6.27. The Morgan fingerprint density at radius 1 is 0.806 bits per heavy atom. The number of rotatable bonds is 9. The number of carbonyl (C=O) groups is 4. The van der Waals surface area contributed by atoms with Crippen molar-refractivity contribution < 1.29 is 52.3 Å². The van der Waals surface area contributed by atoms with E-state index >= 15 is 0 Å². The van der Waals surface area contributed by atoms with Crippen LogP contribution in [0, 0.1) is 20.8 Å². The quantitative estimate of drug-likeness (QED) is 0.358. The number of ether oxygens (including phenoxy) is 7. The Hall–Kier alpha value is -3.34. The van der Waals surface area contributed by atoms with Crippen LogP contribution in [0.5, 0.6) is 11.5 Å². The van der Waals surface area contributed by atoms with E-state index < -0.39 is 54.6 Å². The highest BCUT2D eigenvalue weighted by atomic mass is 16.7. The zero-order valence-corrected chi connectivity index (χ0v) is 21.9. The largest absolute Gasteiger partial charge is 0.494 e. The Morgan fingerprint density at radius 2 is 1.36 bits per heavy atom. The standard InChI is InChI=1S/C25H34O11/c1-9-30-19-10-12(2)21(14(4)13(19)3)36-25-24(34-18(8)29)23(33-17(7)28)22(32-16(6)27)20(35-25)11-31-15(5)26/h10,20,22-25H,9,11H2,1-8H3/t20-,22+,23+,24-,25-/m1/s1. The van der Waals surface area contributed by atoms with E-state index in [0.717, 1.165) is 30.5 Å². The number of esters is 4. The molecule has 1 heterocycles. The molecule has 0 unspecified atom stereocenters. The summed E-state index contributed by atoms with van der Waals surface area (Å²) in [5.74, 6) is -1.59. The Bertz CT molecular complexity index is 987. The van der Waals surface area contributed by atoms with Gasteiger partial charge in [-0.05, 0) is 50.5 Å². The van der Waals surface area contributed by atoms with Crippen molar-refractivity contribution in [3.63, 3.8) is 0 Å². The first-order valence-corrected chi connectivity index (χ1v) is 11.6. The maximum Gasteiger partial charge on any atom is 0.303 e. The third-order valence-electron chi connectivity index (χ3n) is 5.46. The first kappa shape index (κ1) is 28.9. The van der Waals surface area contributed by atoms with E-state index in [9.17, 15) is 19.2 Å². The molecule has 0 aliphatic carbocycles. The molecule has 0 aromatic heterocycles. The van der Waals surface area contributed by atoms with Crippen molar-refractivity contribution in [2.75, 3.05) is 13.2 Å². The summed E-state index contributed by atoms with van der Waals surface area (Å²) >= 11 is 0. The van der Waals surface area contributed by atoms with E-state index in [1.807, 2.05) is 33.8 Å². The van der Waals surface area contributed by atoms with Crippen LogP contribution in [-0.4, -0.2) is 67.8 Å². The second-order valence-corrected chi connectivity index (χ2v) is 8.39. The monoisotopic (exact) mass is 510 g/mol. The molecule has 1 aromatic rings. The fraction of sp³-hybridized carbons (Fsp3) is 0.600. The second-order valence-electron chi connectivity index (χ2n) is 8.39. The molecule has 1 saturated heterocycles. The summed E-state index contributed by atoms with van der Waals surface area (Å²) < 4.78 is 39.3. The Kier molecular flexibility index (Phi) is 10.1. The highest BCUT2D eigenvalue weighted by molar-refractivity contribution is 5.68. The average molecular weight is 511 g/mol. The van der Waals surface area contributed by atoms with Gasteiger partial charge in [0.1, 0.15) is 24.2 Å². The van der Waals surface area contributed by atoms with E-state index in [1.165, 1.54) is 13.8 Å². The minimum atomic E-state index is -1.31. The van der Waals surface area contributed by atoms with Gasteiger partial charge in [0.2, 0.25) is 12.4 Å². The predicted molar refractivity (Wildman–Crippen MR) is 124 cm³/mol. The molecule has 5 atom stereocenters. The van der Waals surface area contributed by atoms with Crippen LogP contribution in [0.4, 0.5) is 0 Å². The van der Waals surface area contributed by atoms with Crippen LogP contribution in [-0.2, 0) is 42.9 Å². The van der Waals surface area contributed by atoms with E-state index in [1.54, 1.807) is 0 Å². The van der Waals surface area contributed by atoms with Gasteiger partial charge in [0, 0.05) is 27.7 Å². The number of benzene rings is 1. The van der Waals surface area contributed by atoms with Crippen molar-refractivity contribution in [2.45, 2.75) is 86.1 Å². The fourth-order valence-corrected chi connectivity index (χ4v) is 3.91. The Labute approximate surface area is 210 Å². The van der Waals surface area contributed by atoms with E-state index in [0.29, 0.717) is 18.1 Å². The molecule has 0 N–H and O–H groups in total. The molecule has 1 fully saturated rings. The summed E-state index contributed by atoms with van der Waals surface area (Å²) in [5, 5.41) is 0. The molecule has 11 heteroatoms. The van der Waals surface area contributed by atoms with Gasteiger partial charge in [0.05, 0.1) is 6.61 Å². The minimum absolute atomic E-state index is 0.335. The molecular weight excluding hydrogens is 476 g/mol. The lowest BCUT2D eigenvalue weighted by atomic mass is 9.97. The fourth-order valence-electron chi connectivity index (χ4n) is 3.91. The average Bonchev–Trinajstić information content (AvgIpc) is 2.76. The first-order valence-electron chi connectivity index (χ1n) is 11.6. The van der Waals surface area contributed by atoms with Gasteiger partial charge in [-0.2, -0.15) is 0 Å². The van der Waals surface area contributed by atoms with Gasteiger partial charge in [-0.15, -0.1) is 0 Å². The third-order valence-corrected chi connectivity index (χ3v) is 5.46. The van der Waals surface area contributed by atoms with E-state index in [-0.39, 0.29) is 6.61 Å². The van der Waals surface area contributed by atoms with Crippen molar-refractivity contribution in [2.24, 2.45) is 0 Å². The first-order chi connectivity index (χ1) is 16.8. The lowest BCUT2D eigenvalue weighted by Gasteiger charge is -2.44. The van der Waals surface area contributed by atoms with Crippen LogP contribution in [0.2, 0.25) is 0 Å². The molecule has 0 spiro atoms. The molecule has 11 nitrogen and oxygen atoms in total. The van der Waals surface area contributed by atoms with Crippen LogP contribution in [0.15, 0.2) is 6.07 Å². The molecule has 1 aliphatic rings. The Balaban J connectivity index is 2.56. The third kappa shape index (κ3) is 7.33. The van der Waals surface area contributed by atoms with Gasteiger partial charge in [0.15, 0.2) is 12.2 Å².